The fourth-order valence-electron chi connectivity index (χ4n) is 2.71. The molecule has 122 valence electrons. The summed E-state index contributed by atoms with van der Waals surface area (Å²) in [6, 6.07) is 12.3. The van der Waals surface area contributed by atoms with E-state index >= 15 is 0 Å². The van der Waals surface area contributed by atoms with Crippen molar-refractivity contribution in [2.75, 3.05) is 26.3 Å². The summed E-state index contributed by atoms with van der Waals surface area (Å²) in [5.41, 5.74) is 2.48. The summed E-state index contributed by atoms with van der Waals surface area (Å²) in [5, 5.41) is 5.04. The number of carbonyl (C=O) groups is 1. The molecule has 0 unspecified atom stereocenters. The smallest absolute Gasteiger partial charge is 0.225 e. The first kappa shape index (κ1) is 16.2. The molecule has 0 atom stereocenters. The second-order valence-electron chi connectivity index (χ2n) is 5.69. The number of nitrogens with one attached hydrogen (secondary N) is 1. The summed E-state index contributed by atoms with van der Waals surface area (Å²) in [5.74, 6) is 0.0774. The molecule has 4 nitrogen and oxygen atoms in total. The van der Waals surface area contributed by atoms with Gasteiger partial charge in [0.15, 0.2) is 0 Å². The first-order chi connectivity index (χ1) is 11.3. The van der Waals surface area contributed by atoms with E-state index in [2.05, 4.69) is 28.4 Å². The van der Waals surface area contributed by atoms with Gasteiger partial charge in [-0.1, -0.05) is 30.3 Å². The van der Waals surface area contributed by atoms with Crippen LogP contribution in [-0.4, -0.2) is 37.1 Å². The molecule has 23 heavy (non-hydrogen) atoms. The number of morpholine rings is 1. The third-order valence-electron chi connectivity index (χ3n) is 4.01. The molecule has 0 bridgehead atoms. The third kappa shape index (κ3) is 4.89. The zero-order valence-electron chi connectivity index (χ0n) is 13.2. The van der Waals surface area contributed by atoms with Gasteiger partial charge in [0, 0.05) is 31.1 Å². The standard InChI is InChI=1S/C18H22N2O2S/c21-18(12-17-6-3-11-23-17)19-13-15-4-1-2-5-16(15)14-20-7-9-22-10-8-20/h1-6,11H,7-10,12-14H2,(H,19,21). The number of hydrogen-bond donors (Lipinski definition) is 1. The Kier molecular flexibility index (Phi) is 5.80. The molecule has 1 aliphatic rings. The molecule has 0 saturated carbocycles. The molecule has 1 N–H and O–H groups in total. The quantitative estimate of drug-likeness (QED) is 0.884. The molecule has 1 amide bonds. The Morgan fingerprint density at radius 3 is 2.65 bits per heavy atom. The van der Waals surface area contributed by atoms with Gasteiger partial charge in [-0.25, -0.2) is 0 Å². The summed E-state index contributed by atoms with van der Waals surface area (Å²) in [7, 11) is 0. The predicted molar refractivity (Wildman–Crippen MR) is 92.4 cm³/mol. The summed E-state index contributed by atoms with van der Waals surface area (Å²) >= 11 is 1.62. The average Bonchev–Trinajstić information content (AvgIpc) is 3.08. The normalized spacial score (nSPS) is 15.5. The maximum Gasteiger partial charge on any atom is 0.225 e. The van der Waals surface area contributed by atoms with Crippen LogP contribution in [0.1, 0.15) is 16.0 Å². The maximum absolute atomic E-state index is 12.1. The molecule has 1 aliphatic heterocycles. The Balaban J connectivity index is 1.55. The van der Waals surface area contributed by atoms with Crippen LogP contribution in [-0.2, 0) is 29.0 Å². The zero-order chi connectivity index (χ0) is 15.9. The monoisotopic (exact) mass is 330 g/mol. The topological polar surface area (TPSA) is 41.6 Å². The van der Waals surface area contributed by atoms with E-state index in [1.54, 1.807) is 11.3 Å². The minimum absolute atomic E-state index is 0.0774. The number of hydrogen-bond acceptors (Lipinski definition) is 4. The Hall–Kier alpha value is -1.69. The molecule has 0 spiro atoms. The van der Waals surface area contributed by atoms with Gasteiger partial charge in [0.05, 0.1) is 19.6 Å². The van der Waals surface area contributed by atoms with Gasteiger partial charge in [-0.15, -0.1) is 11.3 Å². The Morgan fingerprint density at radius 2 is 1.91 bits per heavy atom. The van der Waals surface area contributed by atoms with E-state index in [0.717, 1.165) is 37.7 Å². The van der Waals surface area contributed by atoms with Gasteiger partial charge in [0.1, 0.15) is 0 Å². The largest absolute Gasteiger partial charge is 0.379 e. The molecular weight excluding hydrogens is 308 g/mol. The second-order valence-corrected chi connectivity index (χ2v) is 6.72. The molecule has 1 aromatic carbocycles. The Labute approximate surface area is 141 Å². The van der Waals surface area contributed by atoms with Crippen LogP contribution in [0.2, 0.25) is 0 Å². The molecule has 3 rings (SSSR count). The molecule has 2 aromatic rings. The lowest BCUT2D eigenvalue weighted by atomic mass is 10.1. The van der Waals surface area contributed by atoms with Crippen molar-refractivity contribution in [3.63, 3.8) is 0 Å². The van der Waals surface area contributed by atoms with E-state index < -0.39 is 0 Å². The highest BCUT2D eigenvalue weighted by Gasteiger charge is 2.13. The van der Waals surface area contributed by atoms with E-state index in [0.29, 0.717) is 13.0 Å². The lowest BCUT2D eigenvalue weighted by Gasteiger charge is -2.27. The van der Waals surface area contributed by atoms with Crippen molar-refractivity contribution in [1.82, 2.24) is 10.2 Å². The van der Waals surface area contributed by atoms with E-state index in [1.807, 2.05) is 23.6 Å². The van der Waals surface area contributed by atoms with Gasteiger partial charge in [-0.05, 0) is 22.6 Å². The van der Waals surface area contributed by atoms with Crippen molar-refractivity contribution in [2.45, 2.75) is 19.5 Å². The number of rotatable bonds is 6. The molecule has 1 saturated heterocycles. The summed E-state index contributed by atoms with van der Waals surface area (Å²) in [4.78, 5) is 15.6. The molecule has 1 aromatic heterocycles. The van der Waals surface area contributed by atoms with Crippen LogP contribution in [0, 0.1) is 0 Å². The van der Waals surface area contributed by atoms with Gasteiger partial charge >= 0.3 is 0 Å². The minimum atomic E-state index is 0.0774. The maximum atomic E-state index is 12.1. The van der Waals surface area contributed by atoms with Crippen molar-refractivity contribution in [3.05, 3.63) is 57.8 Å². The van der Waals surface area contributed by atoms with Gasteiger partial charge in [0.2, 0.25) is 5.91 Å². The predicted octanol–water partition coefficient (Wildman–Crippen LogP) is 2.44. The molecule has 1 fully saturated rings. The van der Waals surface area contributed by atoms with Crippen molar-refractivity contribution in [1.29, 1.82) is 0 Å². The minimum Gasteiger partial charge on any atom is -0.379 e. The Morgan fingerprint density at radius 1 is 1.13 bits per heavy atom. The summed E-state index contributed by atoms with van der Waals surface area (Å²) < 4.78 is 5.40. The first-order valence-electron chi connectivity index (χ1n) is 7.97. The van der Waals surface area contributed by atoms with Crippen LogP contribution in [0.4, 0.5) is 0 Å². The average molecular weight is 330 g/mol. The van der Waals surface area contributed by atoms with Gasteiger partial charge < -0.3 is 10.1 Å². The number of ether oxygens (including phenoxy) is 1. The molecule has 0 aliphatic carbocycles. The zero-order valence-corrected chi connectivity index (χ0v) is 14.0. The van der Waals surface area contributed by atoms with Crippen LogP contribution in [0.3, 0.4) is 0 Å². The van der Waals surface area contributed by atoms with Crippen LogP contribution in [0.25, 0.3) is 0 Å². The van der Waals surface area contributed by atoms with Crippen molar-refractivity contribution < 1.29 is 9.53 Å². The van der Waals surface area contributed by atoms with Crippen molar-refractivity contribution in [2.24, 2.45) is 0 Å². The number of thiophene rings is 1. The first-order valence-corrected chi connectivity index (χ1v) is 8.85. The second kappa shape index (κ2) is 8.24. The van der Waals surface area contributed by atoms with Crippen LogP contribution >= 0.6 is 11.3 Å². The fourth-order valence-corrected chi connectivity index (χ4v) is 3.42. The lowest BCUT2D eigenvalue weighted by molar-refractivity contribution is -0.120. The van der Waals surface area contributed by atoms with E-state index in [4.69, 9.17) is 4.74 Å². The molecular formula is C18H22N2O2S. The molecule has 2 heterocycles. The molecule has 5 heteroatoms. The van der Waals surface area contributed by atoms with Gasteiger partial charge in [-0.2, -0.15) is 0 Å². The Bertz CT molecular complexity index is 622. The van der Waals surface area contributed by atoms with E-state index in [-0.39, 0.29) is 5.91 Å². The van der Waals surface area contributed by atoms with Crippen LogP contribution < -0.4 is 5.32 Å². The van der Waals surface area contributed by atoms with E-state index in [9.17, 15) is 4.79 Å². The van der Waals surface area contributed by atoms with Crippen LogP contribution in [0.15, 0.2) is 41.8 Å². The summed E-state index contributed by atoms with van der Waals surface area (Å²) in [6.07, 6.45) is 0.462. The lowest BCUT2D eigenvalue weighted by Crippen LogP contribution is -2.36. The highest BCUT2D eigenvalue weighted by molar-refractivity contribution is 7.10. The van der Waals surface area contributed by atoms with Gasteiger partial charge in [-0.3, -0.25) is 9.69 Å². The van der Waals surface area contributed by atoms with Gasteiger partial charge in [0.25, 0.3) is 0 Å². The highest BCUT2D eigenvalue weighted by atomic mass is 32.1. The number of carbonyl (C=O) groups excluding carboxylic acids is 1. The van der Waals surface area contributed by atoms with Crippen LogP contribution in [0.5, 0.6) is 0 Å². The number of amides is 1. The number of nitrogens with zero attached hydrogens (tertiary/aromatic N) is 1. The van der Waals surface area contributed by atoms with E-state index in [1.165, 1.54) is 11.1 Å². The fraction of sp³-hybridized carbons (Fsp3) is 0.389. The molecule has 0 radical (unpaired) electrons. The third-order valence-corrected chi connectivity index (χ3v) is 4.88. The van der Waals surface area contributed by atoms with Crippen molar-refractivity contribution in [3.8, 4) is 0 Å². The highest BCUT2D eigenvalue weighted by Crippen LogP contribution is 2.13. The SMILES string of the molecule is O=C(Cc1cccs1)NCc1ccccc1CN1CCOCC1. The summed E-state index contributed by atoms with van der Waals surface area (Å²) in [6.45, 7) is 5.06. The number of benzene rings is 1. The van der Waals surface area contributed by atoms with Crippen molar-refractivity contribution >= 4 is 17.2 Å².